The molecule has 1 rings (SSSR count). The fourth-order valence-electron chi connectivity index (χ4n) is 1.39. The molecule has 0 aromatic carbocycles. The lowest BCUT2D eigenvalue weighted by molar-refractivity contribution is -0.152. The summed E-state index contributed by atoms with van der Waals surface area (Å²) in [4.78, 5) is 62.3. The SMILES string of the molecule is C=C(C)C(=O)OCCO.C=C(C)C(=O)OCCOC(=O)CCC(=O)O.O=C1CCC(=O)O1. The molecule has 0 saturated carbocycles. The van der Waals surface area contributed by atoms with E-state index in [2.05, 4.69) is 32.1 Å². The lowest BCUT2D eigenvalue weighted by Gasteiger charge is -2.05. The number of ether oxygens (including phenoxy) is 4. The van der Waals surface area contributed by atoms with Crippen molar-refractivity contribution in [2.45, 2.75) is 39.5 Å². The number of aliphatic hydroxyl groups excluding tert-OH is 1. The van der Waals surface area contributed by atoms with E-state index in [4.69, 9.17) is 10.2 Å². The molecule has 1 saturated heterocycles. The van der Waals surface area contributed by atoms with Crippen LogP contribution in [0.1, 0.15) is 39.5 Å². The Kier molecular flexibility index (Phi) is 17.5. The van der Waals surface area contributed by atoms with Crippen LogP contribution in [0, 0.1) is 0 Å². The van der Waals surface area contributed by atoms with E-state index in [1.54, 1.807) is 6.92 Å². The van der Waals surface area contributed by atoms with Crippen molar-refractivity contribution in [3.8, 4) is 0 Å². The Hall–Kier alpha value is -3.54. The van der Waals surface area contributed by atoms with Crippen LogP contribution in [0.3, 0.4) is 0 Å². The smallest absolute Gasteiger partial charge is 0.333 e. The number of cyclic esters (lactones) is 2. The molecule has 32 heavy (non-hydrogen) atoms. The van der Waals surface area contributed by atoms with E-state index < -0.39 is 35.8 Å². The van der Waals surface area contributed by atoms with Gasteiger partial charge in [-0.3, -0.25) is 19.2 Å². The molecule has 0 atom stereocenters. The Morgan fingerprint density at radius 1 is 0.844 bits per heavy atom. The van der Waals surface area contributed by atoms with Gasteiger partial charge in [0.05, 0.1) is 32.3 Å². The van der Waals surface area contributed by atoms with Crippen LogP contribution in [0.5, 0.6) is 0 Å². The van der Waals surface area contributed by atoms with E-state index in [1.807, 2.05) is 0 Å². The summed E-state index contributed by atoms with van der Waals surface area (Å²) in [6.45, 7) is 9.54. The van der Waals surface area contributed by atoms with Gasteiger partial charge in [0.15, 0.2) is 0 Å². The van der Waals surface area contributed by atoms with Crippen LogP contribution in [-0.2, 0) is 47.7 Å². The highest BCUT2D eigenvalue weighted by molar-refractivity contribution is 5.92. The molecule has 0 amide bonds. The quantitative estimate of drug-likeness (QED) is 0.151. The minimum atomic E-state index is -1.06. The average molecular weight is 460 g/mol. The maximum absolute atomic E-state index is 10.9. The average Bonchev–Trinajstić information content (AvgIpc) is 3.10. The van der Waals surface area contributed by atoms with E-state index in [1.165, 1.54) is 6.92 Å². The Labute approximate surface area is 184 Å². The van der Waals surface area contributed by atoms with Crippen LogP contribution >= 0.6 is 0 Å². The molecule has 0 unspecified atom stereocenters. The summed E-state index contributed by atoms with van der Waals surface area (Å²) in [5.74, 6) is -3.50. The fraction of sp³-hybridized carbons (Fsp3) is 0.500. The molecule has 0 aromatic heterocycles. The number of aliphatic hydroxyl groups is 1. The summed E-state index contributed by atoms with van der Waals surface area (Å²) in [5, 5.41) is 16.5. The molecule has 0 bridgehead atoms. The summed E-state index contributed by atoms with van der Waals surface area (Å²) in [5.41, 5.74) is 0.612. The number of hydrogen-bond acceptors (Lipinski definition) is 11. The van der Waals surface area contributed by atoms with Crippen LogP contribution < -0.4 is 0 Å². The molecule has 1 aliphatic heterocycles. The summed E-state index contributed by atoms with van der Waals surface area (Å²) in [7, 11) is 0. The predicted octanol–water partition coefficient (Wildman–Crippen LogP) is 0.462. The van der Waals surface area contributed by atoms with E-state index in [0.29, 0.717) is 5.57 Å². The number of carbonyl (C=O) groups is 6. The Morgan fingerprint density at radius 3 is 1.62 bits per heavy atom. The van der Waals surface area contributed by atoms with Gasteiger partial charge in [0, 0.05) is 11.1 Å². The van der Waals surface area contributed by atoms with E-state index >= 15 is 0 Å². The van der Waals surface area contributed by atoms with Crippen molar-refractivity contribution in [1.82, 2.24) is 0 Å². The first-order valence-corrected chi connectivity index (χ1v) is 9.27. The third-order valence-electron chi connectivity index (χ3n) is 2.90. The molecule has 1 aliphatic rings. The second-order valence-electron chi connectivity index (χ2n) is 6.02. The zero-order valence-corrected chi connectivity index (χ0v) is 18.0. The number of rotatable bonds is 10. The van der Waals surface area contributed by atoms with Gasteiger partial charge in [0.2, 0.25) is 0 Å². The second kappa shape index (κ2) is 18.2. The predicted molar refractivity (Wildman–Crippen MR) is 107 cm³/mol. The van der Waals surface area contributed by atoms with Gasteiger partial charge in [-0.15, -0.1) is 0 Å². The highest BCUT2D eigenvalue weighted by atomic mass is 16.6. The van der Waals surface area contributed by atoms with E-state index in [0.717, 1.165) is 0 Å². The number of esters is 5. The van der Waals surface area contributed by atoms with Crippen molar-refractivity contribution < 1.29 is 57.9 Å². The van der Waals surface area contributed by atoms with Crippen molar-refractivity contribution >= 4 is 35.8 Å². The molecule has 0 aromatic rings. The van der Waals surface area contributed by atoms with Crippen molar-refractivity contribution in [2.24, 2.45) is 0 Å². The summed E-state index contributed by atoms with van der Waals surface area (Å²) in [6.07, 6.45) is 0.0613. The minimum Gasteiger partial charge on any atom is -0.481 e. The highest BCUT2D eigenvalue weighted by Crippen LogP contribution is 2.04. The van der Waals surface area contributed by atoms with Gasteiger partial charge >= 0.3 is 35.8 Å². The van der Waals surface area contributed by atoms with Gasteiger partial charge in [-0.1, -0.05) is 13.2 Å². The Bertz CT molecular complexity index is 693. The summed E-state index contributed by atoms with van der Waals surface area (Å²) < 4.78 is 17.8. The summed E-state index contributed by atoms with van der Waals surface area (Å²) >= 11 is 0. The monoisotopic (exact) mass is 460 g/mol. The van der Waals surface area contributed by atoms with Crippen LogP contribution in [0.15, 0.2) is 24.3 Å². The molecule has 0 aliphatic carbocycles. The van der Waals surface area contributed by atoms with Crippen LogP contribution in [0.4, 0.5) is 0 Å². The number of aliphatic carboxylic acids is 1. The first-order valence-electron chi connectivity index (χ1n) is 9.27. The molecule has 2 N–H and O–H groups in total. The number of carbonyl (C=O) groups excluding carboxylic acids is 5. The van der Waals surface area contributed by atoms with Crippen LogP contribution in [0.25, 0.3) is 0 Å². The summed E-state index contributed by atoms with van der Waals surface area (Å²) in [6, 6.07) is 0. The minimum absolute atomic E-state index is 0.0473. The van der Waals surface area contributed by atoms with Crippen molar-refractivity contribution in [2.75, 3.05) is 26.4 Å². The third kappa shape index (κ3) is 19.8. The topological polar surface area (TPSA) is 180 Å². The molecule has 1 fully saturated rings. The van der Waals surface area contributed by atoms with Crippen LogP contribution in [0.2, 0.25) is 0 Å². The molecule has 12 heteroatoms. The maximum Gasteiger partial charge on any atom is 0.333 e. The van der Waals surface area contributed by atoms with Crippen molar-refractivity contribution in [1.29, 1.82) is 0 Å². The van der Waals surface area contributed by atoms with Crippen LogP contribution in [-0.4, -0.2) is 72.5 Å². The zero-order valence-electron chi connectivity index (χ0n) is 18.0. The third-order valence-corrected chi connectivity index (χ3v) is 2.90. The van der Waals surface area contributed by atoms with E-state index in [9.17, 15) is 28.8 Å². The molecular formula is C20H28O12. The molecule has 180 valence electrons. The Morgan fingerprint density at radius 2 is 1.28 bits per heavy atom. The second-order valence-corrected chi connectivity index (χ2v) is 6.02. The van der Waals surface area contributed by atoms with Gasteiger partial charge < -0.3 is 29.2 Å². The Balaban J connectivity index is 0. The van der Waals surface area contributed by atoms with Gasteiger partial charge in [-0.2, -0.15) is 0 Å². The first-order chi connectivity index (χ1) is 14.9. The zero-order chi connectivity index (χ0) is 25.1. The molecule has 12 nitrogen and oxygen atoms in total. The number of carboxylic acid groups (broad SMARTS) is 1. The van der Waals surface area contributed by atoms with Gasteiger partial charge in [0.1, 0.15) is 19.8 Å². The maximum atomic E-state index is 10.9. The molecule has 1 heterocycles. The lowest BCUT2D eigenvalue weighted by atomic mass is 10.3. The standard InChI is InChI=1S/C10H14O6.C6H10O3.C4H4O3/c1-7(2)10(14)16-6-5-15-9(13)4-3-8(11)12;1-5(2)6(8)9-4-3-7;5-3-1-2-4(6)7-3/h1,3-6H2,2H3,(H,11,12);7H,1,3-4H2,2H3;1-2H2. The van der Waals surface area contributed by atoms with Gasteiger partial charge in [-0.25, -0.2) is 9.59 Å². The van der Waals surface area contributed by atoms with Gasteiger partial charge in [-0.05, 0) is 13.8 Å². The largest absolute Gasteiger partial charge is 0.481 e. The number of hydrogen-bond donors (Lipinski definition) is 2. The normalized spacial score (nSPS) is 11.5. The van der Waals surface area contributed by atoms with E-state index in [-0.39, 0.29) is 57.7 Å². The van der Waals surface area contributed by atoms with Crippen molar-refractivity contribution in [3.05, 3.63) is 24.3 Å². The van der Waals surface area contributed by atoms with Gasteiger partial charge in [0.25, 0.3) is 0 Å². The number of carboxylic acids is 1. The highest BCUT2D eigenvalue weighted by Gasteiger charge is 2.19. The fourth-order valence-corrected chi connectivity index (χ4v) is 1.39. The van der Waals surface area contributed by atoms with Crippen molar-refractivity contribution in [3.63, 3.8) is 0 Å². The first kappa shape index (κ1) is 30.7. The molecular weight excluding hydrogens is 432 g/mol. The molecule has 0 radical (unpaired) electrons. The lowest BCUT2D eigenvalue weighted by Crippen LogP contribution is -2.14. The molecule has 0 spiro atoms.